The van der Waals surface area contributed by atoms with Crippen molar-refractivity contribution >= 4 is 44.7 Å². The van der Waals surface area contributed by atoms with Crippen molar-refractivity contribution in [2.45, 2.75) is 23.0 Å². The quantitative estimate of drug-likeness (QED) is 0.329. The highest BCUT2D eigenvalue weighted by Crippen LogP contribution is 2.44. The number of anilines is 2. The van der Waals surface area contributed by atoms with E-state index in [9.17, 15) is 8.42 Å². The molecule has 0 spiro atoms. The summed E-state index contributed by atoms with van der Waals surface area (Å²) in [5.41, 5.74) is 8.90. The standard InChI is InChI=1S/C21H23N7O5S2/c1-27-6-9-32-16-11-17(13(10-14(16)27)15-4-2-7-31-15)34-21-26-18-19(22)24-12-25-20(18)28(21)5-3-8-33-35(23,29)30/h2,4,7,10-12H,3,5-6,8-9H2,1H3,(H2,22,24,25)(H2,23,29,30). The summed E-state index contributed by atoms with van der Waals surface area (Å²) in [5, 5.41) is 5.53. The molecule has 0 unspecified atom stereocenters. The summed E-state index contributed by atoms with van der Waals surface area (Å²) in [6, 6.07) is 7.74. The Morgan fingerprint density at radius 2 is 2.14 bits per heavy atom. The Morgan fingerprint density at radius 3 is 2.91 bits per heavy atom. The number of ether oxygens (including phenoxy) is 1. The molecule has 14 heteroatoms. The average molecular weight is 518 g/mol. The fraction of sp³-hybridized carbons (Fsp3) is 0.286. The number of aryl methyl sites for hydroxylation is 1. The number of imidazole rings is 1. The number of nitrogens with two attached hydrogens (primary N) is 2. The molecule has 184 valence electrons. The molecule has 4 N–H and O–H groups in total. The number of aromatic nitrogens is 4. The largest absolute Gasteiger partial charge is 0.490 e. The van der Waals surface area contributed by atoms with E-state index >= 15 is 0 Å². The number of hydrogen-bond acceptors (Lipinski definition) is 11. The van der Waals surface area contributed by atoms with Gasteiger partial charge in [-0.1, -0.05) is 11.8 Å². The fourth-order valence-corrected chi connectivity index (χ4v) is 5.20. The van der Waals surface area contributed by atoms with Crippen molar-refractivity contribution in [3.63, 3.8) is 0 Å². The van der Waals surface area contributed by atoms with Gasteiger partial charge in [-0.15, -0.1) is 0 Å². The van der Waals surface area contributed by atoms with Gasteiger partial charge in [0, 0.05) is 24.1 Å². The van der Waals surface area contributed by atoms with Gasteiger partial charge in [0.15, 0.2) is 22.1 Å². The molecule has 1 aromatic carbocycles. The topological polar surface area (TPSA) is 165 Å². The number of fused-ring (bicyclic) bond motifs is 2. The summed E-state index contributed by atoms with van der Waals surface area (Å²) < 4.78 is 40.4. The van der Waals surface area contributed by atoms with Crippen LogP contribution in [0.15, 0.2) is 51.3 Å². The third kappa shape index (κ3) is 4.91. The molecular formula is C21H23N7O5S2. The van der Waals surface area contributed by atoms with Crippen LogP contribution < -0.4 is 20.5 Å². The third-order valence-corrected chi connectivity index (χ3v) is 6.99. The second-order valence-electron chi connectivity index (χ2n) is 7.81. The predicted molar refractivity (Wildman–Crippen MR) is 130 cm³/mol. The highest BCUT2D eigenvalue weighted by atomic mass is 32.2. The van der Waals surface area contributed by atoms with E-state index in [2.05, 4.69) is 19.1 Å². The lowest BCUT2D eigenvalue weighted by atomic mass is 10.1. The molecule has 5 rings (SSSR count). The number of hydrogen-bond donors (Lipinski definition) is 2. The Balaban J connectivity index is 1.55. The molecule has 3 aromatic heterocycles. The molecule has 0 bridgehead atoms. The maximum Gasteiger partial charge on any atom is 0.333 e. The molecule has 12 nitrogen and oxygen atoms in total. The van der Waals surface area contributed by atoms with Crippen LogP contribution in [0.4, 0.5) is 11.5 Å². The lowest BCUT2D eigenvalue weighted by Crippen LogP contribution is -2.28. The van der Waals surface area contributed by atoms with Crippen LogP contribution in [0.25, 0.3) is 22.5 Å². The molecular weight excluding hydrogens is 494 g/mol. The van der Waals surface area contributed by atoms with Gasteiger partial charge in [0.2, 0.25) is 0 Å². The summed E-state index contributed by atoms with van der Waals surface area (Å²) in [6.45, 7) is 1.65. The Bertz CT molecular complexity index is 1470. The van der Waals surface area contributed by atoms with Gasteiger partial charge in [-0.25, -0.2) is 20.1 Å². The van der Waals surface area contributed by atoms with E-state index < -0.39 is 10.3 Å². The molecule has 1 aliphatic heterocycles. The molecule has 0 saturated heterocycles. The van der Waals surface area contributed by atoms with Crippen LogP contribution in [0.1, 0.15) is 6.42 Å². The van der Waals surface area contributed by atoms with Gasteiger partial charge in [-0.05, 0) is 30.7 Å². The zero-order chi connectivity index (χ0) is 24.6. The lowest BCUT2D eigenvalue weighted by molar-refractivity contribution is 0.303. The zero-order valence-electron chi connectivity index (χ0n) is 18.7. The summed E-state index contributed by atoms with van der Waals surface area (Å²) in [4.78, 5) is 16.1. The number of nitrogens with zero attached hydrogens (tertiary/aromatic N) is 5. The lowest BCUT2D eigenvalue weighted by Gasteiger charge is -2.28. The van der Waals surface area contributed by atoms with Gasteiger partial charge in [0.1, 0.15) is 24.4 Å². The number of nitrogen functional groups attached to an aromatic ring is 1. The highest BCUT2D eigenvalue weighted by molar-refractivity contribution is 7.99. The van der Waals surface area contributed by atoms with Gasteiger partial charge in [-0.2, -0.15) is 8.42 Å². The number of rotatable bonds is 8. The minimum absolute atomic E-state index is 0.0835. The van der Waals surface area contributed by atoms with Crippen molar-refractivity contribution in [3.05, 3.63) is 36.9 Å². The number of benzene rings is 1. The molecule has 4 aromatic rings. The van der Waals surface area contributed by atoms with Gasteiger partial charge >= 0.3 is 10.3 Å². The van der Waals surface area contributed by atoms with Crippen molar-refractivity contribution in [2.75, 3.05) is 37.4 Å². The van der Waals surface area contributed by atoms with Gasteiger partial charge in [0.05, 0.1) is 25.1 Å². The van der Waals surface area contributed by atoms with E-state index in [1.54, 1.807) is 6.26 Å². The van der Waals surface area contributed by atoms with E-state index in [1.165, 1.54) is 18.1 Å². The van der Waals surface area contributed by atoms with E-state index in [-0.39, 0.29) is 12.4 Å². The predicted octanol–water partition coefficient (Wildman–Crippen LogP) is 2.26. The molecule has 0 aliphatic carbocycles. The Morgan fingerprint density at radius 1 is 1.29 bits per heavy atom. The summed E-state index contributed by atoms with van der Waals surface area (Å²) in [5.74, 6) is 1.72. The SMILES string of the molecule is CN1CCOc2cc(Sc3nc4c(N)ncnc4n3CCCOS(N)(=O)=O)c(-c3ccco3)cc21. The van der Waals surface area contributed by atoms with Gasteiger partial charge in [0.25, 0.3) is 0 Å². The van der Waals surface area contributed by atoms with Crippen LogP contribution in [-0.2, 0) is 21.0 Å². The molecule has 0 radical (unpaired) electrons. The monoisotopic (exact) mass is 517 g/mol. The van der Waals surface area contributed by atoms with Gasteiger partial charge < -0.3 is 24.4 Å². The molecule has 4 heterocycles. The van der Waals surface area contributed by atoms with Crippen molar-refractivity contribution in [1.29, 1.82) is 0 Å². The first-order valence-electron chi connectivity index (χ1n) is 10.7. The summed E-state index contributed by atoms with van der Waals surface area (Å²) >= 11 is 1.40. The summed E-state index contributed by atoms with van der Waals surface area (Å²) in [7, 11) is -2.00. The van der Waals surface area contributed by atoms with Gasteiger partial charge in [-0.3, -0.25) is 4.18 Å². The Labute approximate surface area is 205 Å². The van der Waals surface area contributed by atoms with Crippen molar-refractivity contribution in [1.82, 2.24) is 19.5 Å². The normalized spacial score (nSPS) is 13.7. The molecule has 0 fully saturated rings. The first kappa shape index (κ1) is 23.4. The van der Waals surface area contributed by atoms with E-state index in [0.717, 1.165) is 28.4 Å². The molecule has 0 atom stereocenters. The zero-order valence-corrected chi connectivity index (χ0v) is 20.4. The maximum absolute atomic E-state index is 11.1. The highest BCUT2D eigenvalue weighted by Gasteiger charge is 2.23. The smallest absolute Gasteiger partial charge is 0.333 e. The van der Waals surface area contributed by atoms with Crippen LogP contribution in [0, 0.1) is 0 Å². The average Bonchev–Trinajstić information content (AvgIpc) is 3.45. The second kappa shape index (κ2) is 9.37. The van der Waals surface area contributed by atoms with Crippen molar-refractivity contribution in [3.8, 4) is 17.1 Å². The molecule has 1 aliphatic rings. The minimum Gasteiger partial charge on any atom is -0.490 e. The van der Waals surface area contributed by atoms with Crippen LogP contribution in [0.5, 0.6) is 5.75 Å². The molecule has 0 amide bonds. The first-order chi connectivity index (χ1) is 16.8. The number of furan rings is 1. The number of likely N-dealkylation sites (N-methyl/N-ethyl adjacent to an activating group) is 1. The third-order valence-electron chi connectivity index (χ3n) is 5.44. The van der Waals surface area contributed by atoms with Crippen LogP contribution in [0.2, 0.25) is 0 Å². The molecule has 35 heavy (non-hydrogen) atoms. The maximum atomic E-state index is 11.1. The van der Waals surface area contributed by atoms with Crippen molar-refractivity contribution in [2.24, 2.45) is 5.14 Å². The molecule has 0 saturated carbocycles. The van der Waals surface area contributed by atoms with Crippen molar-refractivity contribution < 1.29 is 21.8 Å². The summed E-state index contributed by atoms with van der Waals surface area (Å²) in [6.07, 6.45) is 3.34. The van der Waals surface area contributed by atoms with E-state index in [1.807, 2.05) is 35.9 Å². The van der Waals surface area contributed by atoms with Crippen LogP contribution in [0.3, 0.4) is 0 Å². The van der Waals surface area contributed by atoms with Crippen LogP contribution in [-0.4, -0.2) is 54.7 Å². The Kier molecular flexibility index (Phi) is 6.27. The van der Waals surface area contributed by atoms with E-state index in [0.29, 0.717) is 41.7 Å². The van der Waals surface area contributed by atoms with Crippen LogP contribution >= 0.6 is 11.8 Å². The second-order valence-corrected chi connectivity index (χ2v) is 10.0. The van der Waals surface area contributed by atoms with E-state index in [4.69, 9.17) is 25.0 Å². The minimum atomic E-state index is -4.02. The Hall–Kier alpha value is -3.33. The first-order valence-corrected chi connectivity index (χ1v) is 13.0. The fourth-order valence-electron chi connectivity index (χ4n) is 3.79.